The lowest BCUT2D eigenvalue weighted by molar-refractivity contribution is 0.0735. The summed E-state index contributed by atoms with van der Waals surface area (Å²) in [4.78, 5) is 20.5. The van der Waals surface area contributed by atoms with Crippen molar-refractivity contribution in [1.82, 2.24) is 20.1 Å². The van der Waals surface area contributed by atoms with Crippen molar-refractivity contribution in [1.29, 1.82) is 0 Å². The SMILES string of the molecule is Cc1nc(C(=O)N2CCN(c3ccccc3C)CC2)n[nH]1. The van der Waals surface area contributed by atoms with Crippen molar-refractivity contribution < 1.29 is 4.79 Å². The van der Waals surface area contributed by atoms with Crippen molar-refractivity contribution in [2.45, 2.75) is 13.8 Å². The number of carbonyl (C=O) groups excluding carboxylic acids is 1. The Morgan fingerprint density at radius 3 is 2.48 bits per heavy atom. The van der Waals surface area contributed by atoms with Gasteiger partial charge in [-0.05, 0) is 25.5 Å². The summed E-state index contributed by atoms with van der Waals surface area (Å²) in [6, 6.07) is 8.34. The van der Waals surface area contributed by atoms with Crippen molar-refractivity contribution in [3.63, 3.8) is 0 Å². The molecular weight excluding hydrogens is 266 g/mol. The second-order valence-corrected chi connectivity index (χ2v) is 5.31. The van der Waals surface area contributed by atoms with Crippen LogP contribution in [-0.4, -0.2) is 52.2 Å². The molecule has 0 radical (unpaired) electrons. The van der Waals surface area contributed by atoms with Gasteiger partial charge in [-0.2, -0.15) is 0 Å². The van der Waals surface area contributed by atoms with Crippen molar-refractivity contribution in [2.75, 3.05) is 31.1 Å². The van der Waals surface area contributed by atoms with Crippen LogP contribution in [0.2, 0.25) is 0 Å². The van der Waals surface area contributed by atoms with Crippen LogP contribution in [0.25, 0.3) is 0 Å². The van der Waals surface area contributed by atoms with Gasteiger partial charge in [0.15, 0.2) is 0 Å². The molecule has 2 heterocycles. The molecule has 110 valence electrons. The van der Waals surface area contributed by atoms with Crippen LogP contribution in [0.1, 0.15) is 22.0 Å². The highest BCUT2D eigenvalue weighted by molar-refractivity contribution is 5.90. The first-order chi connectivity index (χ1) is 10.1. The largest absolute Gasteiger partial charge is 0.368 e. The summed E-state index contributed by atoms with van der Waals surface area (Å²) < 4.78 is 0. The first kappa shape index (κ1) is 13.6. The summed E-state index contributed by atoms with van der Waals surface area (Å²) in [5, 5.41) is 6.65. The van der Waals surface area contributed by atoms with E-state index in [9.17, 15) is 4.79 Å². The van der Waals surface area contributed by atoms with Gasteiger partial charge in [-0.25, -0.2) is 4.98 Å². The topological polar surface area (TPSA) is 65.1 Å². The number of nitrogens with zero attached hydrogens (tertiary/aromatic N) is 4. The number of aryl methyl sites for hydroxylation is 2. The molecule has 1 aromatic heterocycles. The number of hydrogen-bond acceptors (Lipinski definition) is 4. The van der Waals surface area contributed by atoms with Gasteiger partial charge in [-0.3, -0.25) is 9.89 Å². The zero-order valence-electron chi connectivity index (χ0n) is 12.3. The third-order valence-electron chi connectivity index (χ3n) is 3.81. The molecule has 21 heavy (non-hydrogen) atoms. The molecule has 0 saturated carbocycles. The number of rotatable bonds is 2. The Morgan fingerprint density at radius 2 is 1.86 bits per heavy atom. The minimum Gasteiger partial charge on any atom is -0.368 e. The van der Waals surface area contributed by atoms with Gasteiger partial charge < -0.3 is 9.80 Å². The summed E-state index contributed by atoms with van der Waals surface area (Å²) in [5.74, 6) is 0.831. The molecule has 1 fully saturated rings. The fourth-order valence-electron chi connectivity index (χ4n) is 2.65. The van der Waals surface area contributed by atoms with Crippen LogP contribution < -0.4 is 4.90 Å². The van der Waals surface area contributed by atoms with Crippen LogP contribution in [0.4, 0.5) is 5.69 Å². The molecule has 0 spiro atoms. The van der Waals surface area contributed by atoms with Crippen LogP contribution in [0.15, 0.2) is 24.3 Å². The van der Waals surface area contributed by atoms with Crippen molar-refractivity contribution in [3.8, 4) is 0 Å². The molecule has 6 heteroatoms. The smallest absolute Gasteiger partial charge is 0.293 e. The summed E-state index contributed by atoms with van der Waals surface area (Å²) in [6.45, 7) is 6.96. The quantitative estimate of drug-likeness (QED) is 0.905. The van der Waals surface area contributed by atoms with Crippen LogP contribution in [-0.2, 0) is 0 Å². The number of H-pyrrole nitrogens is 1. The minimum atomic E-state index is -0.0937. The molecular formula is C15H19N5O. The number of carbonyl (C=O) groups is 1. The fraction of sp³-hybridized carbons (Fsp3) is 0.400. The summed E-state index contributed by atoms with van der Waals surface area (Å²) in [5.41, 5.74) is 2.51. The van der Waals surface area contributed by atoms with Gasteiger partial charge in [0.05, 0.1) is 0 Å². The Balaban J connectivity index is 1.65. The lowest BCUT2D eigenvalue weighted by atomic mass is 10.1. The average molecular weight is 285 g/mol. The maximum absolute atomic E-state index is 12.3. The zero-order valence-corrected chi connectivity index (χ0v) is 12.3. The van der Waals surface area contributed by atoms with E-state index in [4.69, 9.17) is 0 Å². The summed E-state index contributed by atoms with van der Waals surface area (Å²) >= 11 is 0. The van der Waals surface area contributed by atoms with E-state index < -0.39 is 0 Å². The summed E-state index contributed by atoms with van der Waals surface area (Å²) in [7, 11) is 0. The first-order valence-electron chi connectivity index (χ1n) is 7.14. The fourth-order valence-corrected chi connectivity index (χ4v) is 2.65. The predicted octanol–water partition coefficient (Wildman–Crippen LogP) is 1.38. The van der Waals surface area contributed by atoms with Crippen LogP contribution >= 0.6 is 0 Å². The van der Waals surface area contributed by atoms with E-state index in [-0.39, 0.29) is 11.7 Å². The number of hydrogen-bond donors (Lipinski definition) is 1. The highest BCUT2D eigenvalue weighted by Gasteiger charge is 2.25. The lowest BCUT2D eigenvalue weighted by Gasteiger charge is -2.36. The second-order valence-electron chi connectivity index (χ2n) is 5.31. The first-order valence-corrected chi connectivity index (χ1v) is 7.14. The Kier molecular flexibility index (Phi) is 3.60. The number of anilines is 1. The maximum atomic E-state index is 12.3. The van der Waals surface area contributed by atoms with Crippen molar-refractivity contribution in [2.24, 2.45) is 0 Å². The molecule has 0 bridgehead atoms. The minimum absolute atomic E-state index is 0.0937. The Labute approximate surface area is 123 Å². The maximum Gasteiger partial charge on any atom is 0.293 e. The van der Waals surface area contributed by atoms with Gasteiger partial charge in [0.2, 0.25) is 5.82 Å². The molecule has 0 atom stereocenters. The molecule has 1 aliphatic heterocycles. The van der Waals surface area contributed by atoms with Gasteiger partial charge in [-0.15, -0.1) is 5.10 Å². The highest BCUT2D eigenvalue weighted by Crippen LogP contribution is 2.21. The van der Waals surface area contributed by atoms with E-state index in [1.807, 2.05) is 11.0 Å². The predicted molar refractivity (Wildman–Crippen MR) is 80.4 cm³/mol. The molecule has 1 amide bonds. The third-order valence-corrected chi connectivity index (χ3v) is 3.81. The molecule has 0 unspecified atom stereocenters. The number of amides is 1. The molecule has 1 aromatic carbocycles. The molecule has 0 aliphatic carbocycles. The van der Waals surface area contributed by atoms with E-state index in [0.717, 1.165) is 13.1 Å². The monoisotopic (exact) mass is 285 g/mol. The Bertz CT molecular complexity index is 643. The Hall–Kier alpha value is -2.37. The second kappa shape index (κ2) is 5.55. The number of nitrogens with one attached hydrogen (secondary N) is 1. The van der Waals surface area contributed by atoms with Crippen LogP contribution in [0.3, 0.4) is 0 Å². The number of piperazine rings is 1. The van der Waals surface area contributed by atoms with E-state index in [1.54, 1.807) is 6.92 Å². The number of aromatic amines is 1. The molecule has 1 aliphatic rings. The molecule has 1 N–H and O–H groups in total. The highest BCUT2D eigenvalue weighted by atomic mass is 16.2. The lowest BCUT2D eigenvalue weighted by Crippen LogP contribution is -2.49. The Morgan fingerprint density at radius 1 is 1.14 bits per heavy atom. The third kappa shape index (κ3) is 2.74. The van der Waals surface area contributed by atoms with E-state index in [2.05, 4.69) is 45.2 Å². The molecule has 3 rings (SSSR count). The number of para-hydroxylation sites is 1. The normalized spacial score (nSPS) is 15.3. The van der Waals surface area contributed by atoms with Crippen LogP contribution in [0.5, 0.6) is 0 Å². The van der Waals surface area contributed by atoms with E-state index >= 15 is 0 Å². The van der Waals surface area contributed by atoms with Crippen molar-refractivity contribution >= 4 is 11.6 Å². The zero-order chi connectivity index (χ0) is 14.8. The van der Waals surface area contributed by atoms with Gasteiger partial charge in [-0.1, -0.05) is 18.2 Å². The summed E-state index contributed by atoms with van der Waals surface area (Å²) in [6.07, 6.45) is 0. The number of aromatic nitrogens is 3. The van der Waals surface area contributed by atoms with Gasteiger partial charge in [0.1, 0.15) is 5.82 Å². The van der Waals surface area contributed by atoms with Gasteiger partial charge >= 0.3 is 0 Å². The standard InChI is InChI=1S/C15H19N5O/c1-11-5-3-4-6-13(11)19-7-9-20(10-8-19)15(21)14-16-12(2)17-18-14/h3-6H,7-10H2,1-2H3,(H,16,17,18). The number of benzene rings is 1. The van der Waals surface area contributed by atoms with Gasteiger partial charge in [0.25, 0.3) is 5.91 Å². The molecule has 6 nitrogen and oxygen atoms in total. The van der Waals surface area contributed by atoms with E-state index in [0.29, 0.717) is 18.9 Å². The van der Waals surface area contributed by atoms with Crippen molar-refractivity contribution in [3.05, 3.63) is 41.5 Å². The van der Waals surface area contributed by atoms with Gasteiger partial charge in [0, 0.05) is 31.9 Å². The average Bonchev–Trinajstić information content (AvgIpc) is 2.94. The van der Waals surface area contributed by atoms with Crippen LogP contribution in [0, 0.1) is 13.8 Å². The molecule has 2 aromatic rings. The molecule has 1 saturated heterocycles. The van der Waals surface area contributed by atoms with E-state index in [1.165, 1.54) is 11.3 Å².